The Morgan fingerprint density at radius 1 is 1.47 bits per heavy atom. The third kappa shape index (κ3) is 4.37. The molecule has 1 aromatic heterocycles. The molecule has 1 saturated heterocycles. The van der Waals surface area contributed by atoms with E-state index in [9.17, 15) is 4.79 Å². The highest BCUT2D eigenvalue weighted by Gasteiger charge is 2.30. The predicted octanol–water partition coefficient (Wildman–Crippen LogP) is 1.31. The van der Waals surface area contributed by atoms with Gasteiger partial charge in [-0.1, -0.05) is 6.92 Å². The number of rotatable bonds is 3. The second kappa shape index (κ2) is 8.40. The lowest BCUT2D eigenvalue weighted by Crippen LogP contribution is -2.52. The number of halogens is 2. The maximum atomic E-state index is 12.2. The number of aromatic nitrogens is 2. The molecule has 2 rings (SSSR count). The van der Waals surface area contributed by atoms with Crippen LogP contribution in [0.4, 0.5) is 0 Å². The summed E-state index contributed by atoms with van der Waals surface area (Å²) in [6.07, 6.45) is 5.73. The fourth-order valence-corrected chi connectivity index (χ4v) is 2.54. The van der Waals surface area contributed by atoms with E-state index >= 15 is 0 Å². The molecule has 5 nitrogen and oxygen atoms in total. The van der Waals surface area contributed by atoms with Gasteiger partial charge in [-0.2, -0.15) is 5.10 Å². The molecule has 2 heterocycles. The number of nitrogens with zero attached hydrogens (tertiary/aromatic N) is 3. The first kappa shape index (κ1) is 18.2. The number of carbonyl (C=O) groups excluding carboxylic acids is 1. The van der Waals surface area contributed by atoms with Crippen molar-refractivity contribution in [1.29, 1.82) is 0 Å². The summed E-state index contributed by atoms with van der Waals surface area (Å²) in [6.45, 7) is 3.86. The van der Waals surface area contributed by atoms with Gasteiger partial charge in [-0.3, -0.25) is 9.48 Å². The van der Waals surface area contributed by atoms with Crippen molar-refractivity contribution < 1.29 is 4.79 Å². The van der Waals surface area contributed by atoms with Gasteiger partial charge in [0.2, 0.25) is 5.91 Å². The first-order valence-electron chi connectivity index (χ1n) is 6.19. The highest BCUT2D eigenvalue weighted by Crippen LogP contribution is 2.22. The van der Waals surface area contributed by atoms with Crippen LogP contribution in [0.1, 0.15) is 19.8 Å². The number of piperidine rings is 1. The second-order valence-electron chi connectivity index (χ2n) is 4.71. The topological polar surface area (TPSA) is 64.2 Å². The molecule has 110 valence electrons. The lowest BCUT2D eigenvalue weighted by atomic mass is 9.91. The molecule has 0 saturated carbocycles. The van der Waals surface area contributed by atoms with Crippen LogP contribution in [0.15, 0.2) is 18.5 Å². The summed E-state index contributed by atoms with van der Waals surface area (Å²) in [4.78, 5) is 14.1. The third-order valence-corrected chi connectivity index (χ3v) is 3.53. The quantitative estimate of drug-likeness (QED) is 0.916. The van der Waals surface area contributed by atoms with E-state index in [-0.39, 0.29) is 36.8 Å². The summed E-state index contributed by atoms with van der Waals surface area (Å²) in [5.41, 5.74) is 5.78. The van der Waals surface area contributed by atoms with Gasteiger partial charge in [-0.15, -0.1) is 24.8 Å². The number of carbonyl (C=O) groups is 1. The van der Waals surface area contributed by atoms with E-state index in [1.807, 2.05) is 17.2 Å². The molecule has 2 unspecified atom stereocenters. The summed E-state index contributed by atoms with van der Waals surface area (Å²) in [5, 5.41) is 4.06. The lowest BCUT2D eigenvalue weighted by molar-refractivity contribution is -0.136. The van der Waals surface area contributed by atoms with Gasteiger partial charge in [0.15, 0.2) is 0 Å². The van der Waals surface area contributed by atoms with E-state index in [1.54, 1.807) is 10.9 Å². The average molecular weight is 309 g/mol. The summed E-state index contributed by atoms with van der Waals surface area (Å²) in [7, 11) is 0. The molecular formula is C12H22Cl2N4O. The fraction of sp³-hybridized carbons (Fsp3) is 0.667. The highest BCUT2D eigenvalue weighted by molar-refractivity contribution is 5.85. The number of likely N-dealkylation sites (tertiary alicyclic amines) is 1. The molecule has 0 aliphatic carbocycles. The van der Waals surface area contributed by atoms with E-state index in [0.29, 0.717) is 19.0 Å². The minimum Gasteiger partial charge on any atom is -0.337 e. The van der Waals surface area contributed by atoms with Crippen LogP contribution in [0.25, 0.3) is 0 Å². The maximum Gasteiger partial charge on any atom is 0.244 e. The van der Waals surface area contributed by atoms with Crippen molar-refractivity contribution in [2.24, 2.45) is 11.7 Å². The van der Waals surface area contributed by atoms with E-state index < -0.39 is 0 Å². The van der Waals surface area contributed by atoms with Crippen molar-refractivity contribution in [2.45, 2.75) is 32.4 Å². The Kier molecular flexibility index (Phi) is 8.06. The molecule has 1 aromatic rings. The first-order chi connectivity index (χ1) is 8.22. The van der Waals surface area contributed by atoms with Crippen molar-refractivity contribution in [3.63, 3.8) is 0 Å². The predicted molar refractivity (Wildman–Crippen MR) is 79.7 cm³/mol. The zero-order valence-corrected chi connectivity index (χ0v) is 12.7. The molecule has 19 heavy (non-hydrogen) atoms. The van der Waals surface area contributed by atoms with Gasteiger partial charge < -0.3 is 10.6 Å². The van der Waals surface area contributed by atoms with Crippen LogP contribution >= 0.6 is 24.8 Å². The largest absolute Gasteiger partial charge is 0.337 e. The van der Waals surface area contributed by atoms with Crippen LogP contribution in [0.2, 0.25) is 0 Å². The molecule has 0 radical (unpaired) electrons. The molecule has 0 bridgehead atoms. The second-order valence-corrected chi connectivity index (χ2v) is 4.71. The van der Waals surface area contributed by atoms with E-state index in [0.717, 1.165) is 19.4 Å². The molecule has 1 fully saturated rings. The Balaban J connectivity index is 0.00000162. The molecular weight excluding hydrogens is 287 g/mol. The van der Waals surface area contributed by atoms with Crippen LogP contribution in [-0.2, 0) is 11.3 Å². The Morgan fingerprint density at radius 3 is 2.79 bits per heavy atom. The van der Waals surface area contributed by atoms with Crippen LogP contribution in [-0.4, -0.2) is 39.7 Å². The number of amides is 1. The molecule has 1 amide bonds. The summed E-state index contributed by atoms with van der Waals surface area (Å²) in [5.74, 6) is 0.617. The van der Waals surface area contributed by atoms with Crippen LogP contribution < -0.4 is 5.73 Å². The smallest absolute Gasteiger partial charge is 0.244 e. The van der Waals surface area contributed by atoms with Crippen molar-refractivity contribution >= 4 is 30.7 Å². The Labute approximate surface area is 126 Å². The number of hydrogen-bond donors (Lipinski definition) is 1. The molecule has 2 atom stereocenters. The van der Waals surface area contributed by atoms with E-state index in [4.69, 9.17) is 5.73 Å². The van der Waals surface area contributed by atoms with Crippen molar-refractivity contribution in [2.75, 3.05) is 13.1 Å². The standard InChI is InChI=1S/C12H20N4O.2ClH/c1-10-4-2-7-16(11(10)8-13)12(17)9-15-6-3-5-14-15;;/h3,5-6,10-11H,2,4,7-9,13H2,1H3;2*1H. The Bertz CT molecular complexity index is 372. The monoisotopic (exact) mass is 308 g/mol. The van der Waals surface area contributed by atoms with Gasteiger partial charge in [0.05, 0.1) is 0 Å². The van der Waals surface area contributed by atoms with E-state index in [2.05, 4.69) is 12.0 Å². The van der Waals surface area contributed by atoms with Gasteiger partial charge in [0, 0.05) is 31.5 Å². The van der Waals surface area contributed by atoms with Crippen molar-refractivity contribution in [1.82, 2.24) is 14.7 Å². The Morgan fingerprint density at radius 2 is 2.21 bits per heavy atom. The maximum absolute atomic E-state index is 12.2. The molecule has 1 aliphatic rings. The molecule has 0 spiro atoms. The van der Waals surface area contributed by atoms with Gasteiger partial charge in [0.25, 0.3) is 0 Å². The van der Waals surface area contributed by atoms with Crippen molar-refractivity contribution in [3.8, 4) is 0 Å². The third-order valence-electron chi connectivity index (χ3n) is 3.53. The Hall–Kier alpha value is -0.780. The summed E-state index contributed by atoms with van der Waals surface area (Å²) < 4.78 is 1.66. The zero-order valence-electron chi connectivity index (χ0n) is 11.1. The van der Waals surface area contributed by atoms with Gasteiger partial charge in [-0.05, 0) is 24.8 Å². The average Bonchev–Trinajstić information content (AvgIpc) is 2.81. The molecule has 1 aliphatic heterocycles. The normalized spacial score (nSPS) is 22.3. The molecule has 0 aromatic carbocycles. The lowest BCUT2D eigenvalue weighted by Gasteiger charge is -2.39. The first-order valence-corrected chi connectivity index (χ1v) is 6.19. The van der Waals surface area contributed by atoms with Crippen LogP contribution in [0.3, 0.4) is 0 Å². The molecule has 7 heteroatoms. The number of nitrogens with two attached hydrogens (primary N) is 1. The van der Waals surface area contributed by atoms with Gasteiger partial charge in [-0.25, -0.2) is 0 Å². The number of hydrogen-bond acceptors (Lipinski definition) is 3. The van der Waals surface area contributed by atoms with Gasteiger partial charge in [0.1, 0.15) is 6.54 Å². The van der Waals surface area contributed by atoms with E-state index in [1.165, 1.54) is 0 Å². The van der Waals surface area contributed by atoms with Crippen LogP contribution in [0.5, 0.6) is 0 Å². The van der Waals surface area contributed by atoms with Crippen LogP contribution in [0, 0.1) is 5.92 Å². The summed E-state index contributed by atoms with van der Waals surface area (Å²) >= 11 is 0. The minimum absolute atomic E-state index is 0. The minimum atomic E-state index is 0. The summed E-state index contributed by atoms with van der Waals surface area (Å²) in [6, 6.07) is 2.01. The zero-order chi connectivity index (χ0) is 12.3. The fourth-order valence-electron chi connectivity index (χ4n) is 2.54. The SMILES string of the molecule is CC1CCCN(C(=O)Cn2cccn2)C1CN.Cl.Cl. The molecule has 2 N–H and O–H groups in total. The highest BCUT2D eigenvalue weighted by atomic mass is 35.5. The van der Waals surface area contributed by atoms with Gasteiger partial charge >= 0.3 is 0 Å². The van der Waals surface area contributed by atoms with Crippen molar-refractivity contribution in [3.05, 3.63) is 18.5 Å².